The largest absolute Gasteiger partial charge is 0.399 e. The van der Waals surface area contributed by atoms with Crippen LogP contribution in [0.25, 0.3) is 0 Å². The maximum atomic E-state index is 5.93. The summed E-state index contributed by atoms with van der Waals surface area (Å²) in [6, 6.07) is 7.73. The van der Waals surface area contributed by atoms with Crippen LogP contribution in [-0.2, 0) is 0 Å². The highest BCUT2D eigenvalue weighted by molar-refractivity contribution is 5.61. The van der Waals surface area contributed by atoms with Crippen molar-refractivity contribution < 1.29 is 0 Å². The number of nitrogens with zero attached hydrogens (tertiary/aromatic N) is 3. The Morgan fingerprint density at radius 1 is 1.39 bits per heavy atom. The highest BCUT2D eigenvalue weighted by Gasteiger charge is 2.15. The predicted molar refractivity (Wildman–Crippen MR) is 77.2 cm³/mol. The number of hydrazine groups is 1. The summed E-state index contributed by atoms with van der Waals surface area (Å²) in [7, 11) is 0. The number of unbranched alkanes of at least 4 members (excludes halogenated alkanes) is 1. The molecule has 5 heteroatoms. The smallest absolute Gasteiger partial charge is 0.136 e. The first-order chi connectivity index (χ1) is 8.69. The molecule has 0 amide bonds. The minimum atomic E-state index is 0.0311. The molecule has 0 aliphatic carbocycles. The molecule has 4 N–H and O–H groups in total. The van der Waals surface area contributed by atoms with Crippen LogP contribution < -0.4 is 11.6 Å². The van der Waals surface area contributed by atoms with Crippen molar-refractivity contribution in [1.82, 2.24) is 5.12 Å². The van der Waals surface area contributed by atoms with Gasteiger partial charge in [-0.05, 0) is 30.8 Å². The molecule has 0 saturated heterocycles. The van der Waals surface area contributed by atoms with Gasteiger partial charge >= 0.3 is 0 Å². The maximum Gasteiger partial charge on any atom is 0.136 e. The van der Waals surface area contributed by atoms with Crippen molar-refractivity contribution in [3.8, 4) is 0 Å². The Kier molecular flexibility index (Phi) is 5.87. The molecule has 0 bridgehead atoms. The van der Waals surface area contributed by atoms with Gasteiger partial charge in [0.25, 0.3) is 0 Å². The van der Waals surface area contributed by atoms with Gasteiger partial charge < -0.3 is 5.73 Å². The number of rotatable bonds is 7. The van der Waals surface area contributed by atoms with E-state index in [-0.39, 0.29) is 6.04 Å². The predicted octanol–water partition coefficient (Wildman–Crippen LogP) is 2.32. The zero-order valence-electron chi connectivity index (χ0n) is 10.8. The zero-order valence-corrected chi connectivity index (χ0v) is 10.8. The highest BCUT2D eigenvalue weighted by atomic mass is 15.6. The van der Waals surface area contributed by atoms with E-state index in [1.165, 1.54) is 11.5 Å². The van der Waals surface area contributed by atoms with Crippen LogP contribution in [0.5, 0.6) is 0 Å². The Labute approximate surface area is 108 Å². The van der Waals surface area contributed by atoms with E-state index in [9.17, 15) is 0 Å². The van der Waals surface area contributed by atoms with E-state index >= 15 is 0 Å². The van der Waals surface area contributed by atoms with Crippen molar-refractivity contribution in [3.05, 3.63) is 29.8 Å². The molecule has 98 valence electrons. The lowest BCUT2D eigenvalue weighted by Crippen LogP contribution is -2.30. The Morgan fingerprint density at radius 3 is 2.61 bits per heavy atom. The van der Waals surface area contributed by atoms with Gasteiger partial charge in [-0.15, -0.1) is 5.10 Å². The SMILES string of the molecule is C=N/C=N\N(N)C(CCCC)c1ccc(N)cc1. The van der Waals surface area contributed by atoms with Gasteiger partial charge in [-0.25, -0.2) is 11.0 Å². The topological polar surface area (TPSA) is 80.0 Å². The minimum Gasteiger partial charge on any atom is -0.399 e. The molecule has 0 fully saturated rings. The zero-order chi connectivity index (χ0) is 13.4. The van der Waals surface area contributed by atoms with Crippen molar-refractivity contribution in [1.29, 1.82) is 0 Å². The molecule has 1 aromatic carbocycles. The summed E-state index contributed by atoms with van der Waals surface area (Å²) in [5.74, 6) is 5.93. The lowest BCUT2D eigenvalue weighted by molar-refractivity contribution is 0.198. The van der Waals surface area contributed by atoms with Crippen LogP contribution in [0.1, 0.15) is 37.8 Å². The van der Waals surface area contributed by atoms with Crippen molar-refractivity contribution >= 4 is 18.7 Å². The molecule has 1 rings (SSSR count). The van der Waals surface area contributed by atoms with E-state index in [0.29, 0.717) is 0 Å². The molecule has 0 spiro atoms. The molecule has 0 radical (unpaired) electrons. The summed E-state index contributed by atoms with van der Waals surface area (Å²) < 4.78 is 0. The first kappa shape index (κ1) is 14.2. The number of nitrogens with two attached hydrogens (primary N) is 2. The van der Waals surface area contributed by atoms with Gasteiger partial charge in [0.1, 0.15) is 6.34 Å². The van der Waals surface area contributed by atoms with Crippen LogP contribution in [0.4, 0.5) is 5.69 Å². The van der Waals surface area contributed by atoms with E-state index < -0.39 is 0 Å². The van der Waals surface area contributed by atoms with Crippen molar-refractivity contribution in [2.45, 2.75) is 32.2 Å². The summed E-state index contributed by atoms with van der Waals surface area (Å²) in [6.07, 6.45) is 4.48. The quantitative estimate of drug-likeness (QED) is 0.255. The molecule has 18 heavy (non-hydrogen) atoms. The second-order valence-corrected chi connectivity index (χ2v) is 4.12. The van der Waals surface area contributed by atoms with Crippen LogP contribution >= 0.6 is 0 Å². The normalized spacial score (nSPS) is 12.6. The van der Waals surface area contributed by atoms with Gasteiger partial charge in [0.2, 0.25) is 0 Å². The summed E-state index contributed by atoms with van der Waals surface area (Å²) >= 11 is 0. The number of hydrogen-bond donors (Lipinski definition) is 2. The third kappa shape index (κ3) is 4.18. The Hall–Kier alpha value is -1.88. The molecule has 1 atom stereocenters. The molecular weight excluding hydrogens is 226 g/mol. The molecule has 1 aromatic rings. The van der Waals surface area contributed by atoms with Crippen molar-refractivity contribution in [2.75, 3.05) is 5.73 Å². The second kappa shape index (κ2) is 7.45. The van der Waals surface area contributed by atoms with Crippen LogP contribution in [-0.4, -0.2) is 18.2 Å². The van der Waals surface area contributed by atoms with Crippen LogP contribution in [0.3, 0.4) is 0 Å². The maximum absolute atomic E-state index is 5.93. The fraction of sp³-hybridized carbons (Fsp3) is 0.385. The van der Waals surface area contributed by atoms with Gasteiger partial charge in [0.05, 0.1) is 6.04 Å². The van der Waals surface area contributed by atoms with Gasteiger partial charge in [-0.3, -0.25) is 4.99 Å². The Morgan fingerprint density at radius 2 is 2.06 bits per heavy atom. The van der Waals surface area contributed by atoms with E-state index in [1.807, 2.05) is 24.3 Å². The number of hydrazone groups is 1. The van der Waals surface area contributed by atoms with E-state index in [0.717, 1.165) is 30.5 Å². The number of benzene rings is 1. The lowest BCUT2D eigenvalue weighted by Gasteiger charge is -2.24. The summed E-state index contributed by atoms with van der Waals surface area (Å²) in [5, 5.41) is 5.45. The Balaban J connectivity index is 2.85. The fourth-order valence-electron chi connectivity index (χ4n) is 1.74. The monoisotopic (exact) mass is 247 g/mol. The van der Waals surface area contributed by atoms with Gasteiger partial charge in [-0.1, -0.05) is 31.9 Å². The van der Waals surface area contributed by atoms with E-state index in [1.54, 1.807) is 0 Å². The standard InChI is InChI=1S/C13H21N5/c1-3-4-5-13(18(15)17-10-16-2)11-6-8-12(14)9-7-11/h6-10,13H,2-5,14-15H2,1H3/b17-10-. The summed E-state index contributed by atoms with van der Waals surface area (Å²) in [5.41, 5.74) is 7.53. The van der Waals surface area contributed by atoms with Crippen LogP contribution in [0, 0.1) is 0 Å². The molecule has 0 aromatic heterocycles. The van der Waals surface area contributed by atoms with Crippen molar-refractivity contribution in [2.24, 2.45) is 15.9 Å². The fourth-order valence-corrected chi connectivity index (χ4v) is 1.74. The number of hydrogen-bond acceptors (Lipinski definition) is 4. The van der Waals surface area contributed by atoms with E-state index in [4.69, 9.17) is 11.6 Å². The average molecular weight is 247 g/mol. The van der Waals surface area contributed by atoms with Crippen LogP contribution in [0.15, 0.2) is 34.4 Å². The summed E-state index contributed by atoms with van der Waals surface area (Å²) in [6.45, 7) is 5.49. The molecule has 0 heterocycles. The molecule has 0 aliphatic rings. The summed E-state index contributed by atoms with van der Waals surface area (Å²) in [4.78, 5) is 3.56. The average Bonchev–Trinajstić information content (AvgIpc) is 2.38. The number of nitrogen functional groups attached to an aromatic ring is 1. The lowest BCUT2D eigenvalue weighted by atomic mass is 10.0. The van der Waals surface area contributed by atoms with Crippen molar-refractivity contribution in [3.63, 3.8) is 0 Å². The molecule has 1 unspecified atom stereocenters. The van der Waals surface area contributed by atoms with Gasteiger partial charge in [-0.2, -0.15) is 0 Å². The first-order valence-corrected chi connectivity index (χ1v) is 6.06. The Bertz CT molecular complexity index is 385. The minimum absolute atomic E-state index is 0.0311. The third-order valence-corrected chi connectivity index (χ3v) is 2.74. The molecular formula is C13H21N5. The molecule has 0 saturated carbocycles. The van der Waals surface area contributed by atoms with E-state index in [2.05, 4.69) is 23.7 Å². The third-order valence-electron chi connectivity index (χ3n) is 2.74. The van der Waals surface area contributed by atoms with Gasteiger partial charge in [0.15, 0.2) is 0 Å². The number of anilines is 1. The number of aliphatic imine (C=N–C) groups is 1. The second-order valence-electron chi connectivity index (χ2n) is 4.12. The molecule has 0 aliphatic heterocycles. The van der Waals surface area contributed by atoms with Gasteiger partial charge in [0, 0.05) is 5.69 Å². The first-order valence-electron chi connectivity index (χ1n) is 6.06. The molecule has 5 nitrogen and oxygen atoms in total. The van der Waals surface area contributed by atoms with Crippen LogP contribution in [0.2, 0.25) is 0 Å². The highest BCUT2D eigenvalue weighted by Crippen LogP contribution is 2.25.